The summed E-state index contributed by atoms with van der Waals surface area (Å²) in [6.07, 6.45) is 3.52. The summed E-state index contributed by atoms with van der Waals surface area (Å²) < 4.78 is 5.38. The molecular formula is C12H20O2. The normalized spacial score (nSPS) is 49.3. The zero-order valence-corrected chi connectivity index (χ0v) is 9.59. The number of hydrogen-bond acceptors (Lipinski definition) is 2. The van der Waals surface area contributed by atoms with Crippen LogP contribution in [0.2, 0.25) is 0 Å². The fourth-order valence-electron chi connectivity index (χ4n) is 3.88. The van der Waals surface area contributed by atoms with E-state index in [2.05, 4.69) is 27.7 Å². The van der Waals surface area contributed by atoms with E-state index < -0.39 is 0 Å². The first-order valence-corrected chi connectivity index (χ1v) is 5.49. The van der Waals surface area contributed by atoms with E-state index in [0.29, 0.717) is 11.9 Å². The first-order chi connectivity index (χ1) is 6.37. The van der Waals surface area contributed by atoms with Gasteiger partial charge in [0.2, 0.25) is 0 Å². The molecule has 2 bridgehead atoms. The molecule has 0 aromatic heterocycles. The van der Waals surface area contributed by atoms with Crippen molar-refractivity contribution in [1.82, 2.24) is 0 Å². The van der Waals surface area contributed by atoms with Crippen LogP contribution in [0.15, 0.2) is 0 Å². The third-order valence-electron chi connectivity index (χ3n) is 5.55. The second-order valence-electron chi connectivity index (χ2n) is 5.94. The number of fused-ring (bicyclic) bond motifs is 2. The van der Waals surface area contributed by atoms with Crippen LogP contribution in [-0.2, 0) is 9.53 Å². The van der Waals surface area contributed by atoms with Crippen LogP contribution in [0.5, 0.6) is 0 Å². The number of ether oxygens (including phenoxy) is 1. The van der Waals surface area contributed by atoms with Crippen LogP contribution >= 0.6 is 0 Å². The number of rotatable bonds is 2. The molecule has 0 aromatic rings. The Morgan fingerprint density at radius 1 is 1.29 bits per heavy atom. The number of hydrogen-bond donors (Lipinski definition) is 0. The average Bonchev–Trinajstić information content (AvgIpc) is 2.36. The van der Waals surface area contributed by atoms with Gasteiger partial charge in [-0.1, -0.05) is 20.8 Å². The van der Waals surface area contributed by atoms with Crippen LogP contribution in [-0.4, -0.2) is 12.1 Å². The zero-order valence-electron chi connectivity index (χ0n) is 9.59. The first-order valence-electron chi connectivity index (χ1n) is 5.49. The van der Waals surface area contributed by atoms with Crippen molar-refractivity contribution in [2.24, 2.45) is 16.7 Å². The summed E-state index contributed by atoms with van der Waals surface area (Å²) >= 11 is 0. The van der Waals surface area contributed by atoms with Crippen LogP contribution in [0, 0.1) is 16.7 Å². The summed E-state index contributed by atoms with van der Waals surface area (Å²) in [6.45, 7) is 9.65. The topological polar surface area (TPSA) is 26.3 Å². The van der Waals surface area contributed by atoms with Crippen molar-refractivity contribution in [3.8, 4) is 0 Å². The molecule has 2 aliphatic carbocycles. The van der Waals surface area contributed by atoms with E-state index in [1.165, 1.54) is 12.8 Å². The van der Waals surface area contributed by atoms with Crippen molar-refractivity contribution >= 4 is 6.47 Å². The minimum absolute atomic E-state index is 0.158. The van der Waals surface area contributed by atoms with Crippen molar-refractivity contribution in [3.63, 3.8) is 0 Å². The van der Waals surface area contributed by atoms with Crippen molar-refractivity contribution in [1.29, 1.82) is 0 Å². The molecule has 0 heterocycles. The molecular weight excluding hydrogens is 176 g/mol. The highest BCUT2D eigenvalue weighted by molar-refractivity contribution is 5.40. The number of carbonyl (C=O) groups excluding carboxylic acids is 1. The van der Waals surface area contributed by atoms with E-state index in [1.54, 1.807) is 0 Å². The van der Waals surface area contributed by atoms with Crippen molar-refractivity contribution in [2.45, 2.75) is 52.6 Å². The number of carbonyl (C=O) groups is 1. The smallest absolute Gasteiger partial charge is 0.293 e. The molecule has 2 saturated carbocycles. The van der Waals surface area contributed by atoms with Gasteiger partial charge in [-0.2, -0.15) is 0 Å². The Kier molecular flexibility index (Phi) is 1.81. The molecule has 3 atom stereocenters. The maximum absolute atomic E-state index is 10.6. The van der Waals surface area contributed by atoms with Gasteiger partial charge in [0.15, 0.2) is 0 Å². The summed E-state index contributed by atoms with van der Waals surface area (Å²) in [5.74, 6) is 0.720. The third-order valence-corrected chi connectivity index (χ3v) is 5.55. The van der Waals surface area contributed by atoms with E-state index in [9.17, 15) is 4.79 Å². The fourth-order valence-corrected chi connectivity index (χ4v) is 3.88. The van der Waals surface area contributed by atoms with Crippen molar-refractivity contribution in [2.75, 3.05) is 0 Å². The minimum Gasteiger partial charge on any atom is -0.461 e. The summed E-state index contributed by atoms with van der Waals surface area (Å²) in [5.41, 5.74) is 0.234. The molecule has 2 fully saturated rings. The van der Waals surface area contributed by atoms with Crippen LogP contribution in [0.3, 0.4) is 0 Å². The molecule has 2 heteroatoms. The molecule has 2 aliphatic rings. The van der Waals surface area contributed by atoms with Gasteiger partial charge in [0.05, 0.1) is 0 Å². The highest BCUT2D eigenvalue weighted by atomic mass is 16.5. The average molecular weight is 196 g/mol. The second kappa shape index (κ2) is 2.53. The van der Waals surface area contributed by atoms with Gasteiger partial charge < -0.3 is 4.74 Å². The summed E-state index contributed by atoms with van der Waals surface area (Å²) in [5, 5.41) is 0. The SMILES string of the molecule is CC1(OC=O)CC2CCC1(C)C2(C)C. The van der Waals surface area contributed by atoms with Crippen molar-refractivity contribution < 1.29 is 9.53 Å². The summed E-state index contributed by atoms with van der Waals surface area (Å²) in [4.78, 5) is 10.6. The first kappa shape index (κ1) is 10.0. The predicted octanol–water partition coefficient (Wildman–Crippen LogP) is 2.76. The Labute approximate surface area is 86.0 Å². The molecule has 0 radical (unpaired) electrons. The van der Waals surface area contributed by atoms with Gasteiger partial charge in [0, 0.05) is 5.41 Å². The Hall–Kier alpha value is -0.530. The van der Waals surface area contributed by atoms with E-state index in [0.717, 1.165) is 12.3 Å². The predicted molar refractivity (Wildman–Crippen MR) is 54.8 cm³/mol. The maximum Gasteiger partial charge on any atom is 0.293 e. The third kappa shape index (κ3) is 0.850. The standard InChI is InChI=1S/C12H20O2/c1-10(2)9-5-6-11(10,3)12(4,7-9)14-8-13/h8-9H,5-7H2,1-4H3. The lowest BCUT2D eigenvalue weighted by Crippen LogP contribution is -2.46. The molecule has 0 spiro atoms. The van der Waals surface area contributed by atoms with Gasteiger partial charge in [-0.25, -0.2) is 0 Å². The van der Waals surface area contributed by atoms with Gasteiger partial charge in [0.25, 0.3) is 6.47 Å². The minimum atomic E-state index is -0.235. The molecule has 14 heavy (non-hydrogen) atoms. The second-order valence-corrected chi connectivity index (χ2v) is 5.94. The Morgan fingerprint density at radius 3 is 2.29 bits per heavy atom. The van der Waals surface area contributed by atoms with E-state index in [1.807, 2.05) is 0 Å². The van der Waals surface area contributed by atoms with Gasteiger partial charge in [-0.15, -0.1) is 0 Å². The highest BCUT2D eigenvalue weighted by Gasteiger charge is 2.68. The maximum atomic E-state index is 10.6. The zero-order chi connectivity index (χ0) is 10.6. The molecule has 0 aromatic carbocycles. The Morgan fingerprint density at radius 2 is 1.93 bits per heavy atom. The highest BCUT2D eigenvalue weighted by Crippen LogP contribution is 2.70. The van der Waals surface area contributed by atoms with Crippen LogP contribution in [0.25, 0.3) is 0 Å². The lowest BCUT2D eigenvalue weighted by molar-refractivity contribution is -0.159. The fraction of sp³-hybridized carbons (Fsp3) is 0.917. The molecule has 3 unspecified atom stereocenters. The Balaban J connectivity index is 2.39. The van der Waals surface area contributed by atoms with E-state index in [4.69, 9.17) is 4.74 Å². The molecule has 0 N–H and O–H groups in total. The van der Waals surface area contributed by atoms with Gasteiger partial charge in [-0.05, 0) is 37.5 Å². The monoisotopic (exact) mass is 196 g/mol. The largest absolute Gasteiger partial charge is 0.461 e. The van der Waals surface area contributed by atoms with Crippen molar-refractivity contribution in [3.05, 3.63) is 0 Å². The van der Waals surface area contributed by atoms with Gasteiger partial charge in [0.1, 0.15) is 5.60 Å². The molecule has 2 rings (SSSR count). The molecule has 2 nitrogen and oxygen atoms in total. The van der Waals surface area contributed by atoms with E-state index >= 15 is 0 Å². The lowest BCUT2D eigenvalue weighted by atomic mass is 9.65. The molecule has 0 amide bonds. The Bertz CT molecular complexity index is 271. The van der Waals surface area contributed by atoms with Crippen LogP contribution < -0.4 is 0 Å². The summed E-state index contributed by atoms with van der Waals surface area (Å²) in [7, 11) is 0. The molecule has 80 valence electrons. The molecule has 0 saturated heterocycles. The molecule has 0 aliphatic heterocycles. The lowest BCUT2D eigenvalue weighted by Gasteiger charge is -2.44. The quantitative estimate of drug-likeness (QED) is 0.635. The van der Waals surface area contributed by atoms with Gasteiger partial charge >= 0.3 is 0 Å². The van der Waals surface area contributed by atoms with E-state index in [-0.39, 0.29) is 11.0 Å². The summed E-state index contributed by atoms with van der Waals surface area (Å²) in [6, 6.07) is 0. The van der Waals surface area contributed by atoms with Crippen LogP contribution in [0.1, 0.15) is 47.0 Å². The van der Waals surface area contributed by atoms with Crippen LogP contribution in [0.4, 0.5) is 0 Å². The van der Waals surface area contributed by atoms with Gasteiger partial charge in [-0.3, -0.25) is 4.79 Å².